The number of benzene rings is 2. The van der Waals surface area contributed by atoms with Crippen molar-refractivity contribution in [2.45, 2.75) is 24.8 Å². The van der Waals surface area contributed by atoms with Crippen LogP contribution in [0, 0.1) is 0 Å². The van der Waals surface area contributed by atoms with Crippen LogP contribution in [0.5, 0.6) is 5.75 Å². The lowest BCUT2D eigenvalue weighted by molar-refractivity contribution is -0.122. The summed E-state index contributed by atoms with van der Waals surface area (Å²) in [6.07, 6.45) is 3.99. The summed E-state index contributed by atoms with van der Waals surface area (Å²) in [6, 6.07) is 19.1. The number of aromatic nitrogens is 1. The number of thiophene rings is 1. The van der Waals surface area contributed by atoms with E-state index in [1.807, 2.05) is 36.4 Å². The second-order valence-electron chi connectivity index (χ2n) is 9.69. The molecule has 0 aliphatic carbocycles. The van der Waals surface area contributed by atoms with E-state index in [1.165, 1.54) is 46.0 Å². The fraction of sp³-hybridized carbons (Fsp3) is 0.276. The topological polar surface area (TPSA) is 74.8 Å². The highest BCUT2D eigenvalue weighted by Gasteiger charge is 2.38. The van der Waals surface area contributed by atoms with E-state index < -0.39 is 6.04 Å². The van der Waals surface area contributed by atoms with E-state index in [1.54, 1.807) is 11.6 Å². The largest absolute Gasteiger partial charge is 0.471 e. The molecular formula is C29H28N4O3S2. The minimum atomic E-state index is -0.847. The first-order valence-electron chi connectivity index (χ1n) is 12.7. The molecule has 1 N–H and O–H groups in total. The fourth-order valence-electron chi connectivity index (χ4n) is 5.12. The third-order valence-electron chi connectivity index (χ3n) is 7.24. The van der Waals surface area contributed by atoms with Gasteiger partial charge in [-0.1, -0.05) is 54.6 Å². The van der Waals surface area contributed by atoms with E-state index in [2.05, 4.69) is 46.5 Å². The molecule has 2 amide bonds. The Bertz CT molecular complexity index is 1410. The average molecular weight is 545 g/mol. The number of amides is 2. The predicted octanol–water partition coefficient (Wildman–Crippen LogP) is 5.85. The van der Waals surface area contributed by atoms with Crippen LogP contribution in [0.25, 0.3) is 10.4 Å². The van der Waals surface area contributed by atoms with Gasteiger partial charge < -0.3 is 9.64 Å². The number of likely N-dealkylation sites (tertiary alicyclic amines) is 1. The van der Waals surface area contributed by atoms with Gasteiger partial charge in [-0.2, -0.15) is 0 Å². The number of thiazole rings is 1. The van der Waals surface area contributed by atoms with Crippen molar-refractivity contribution in [2.75, 3.05) is 32.2 Å². The van der Waals surface area contributed by atoms with Crippen molar-refractivity contribution in [3.8, 4) is 16.2 Å². The molecule has 2 aliphatic rings. The van der Waals surface area contributed by atoms with Gasteiger partial charge in [-0.05, 0) is 61.7 Å². The number of carbonyl (C=O) groups excluding carboxylic acids is 2. The van der Waals surface area contributed by atoms with Gasteiger partial charge in [0, 0.05) is 16.5 Å². The zero-order valence-corrected chi connectivity index (χ0v) is 22.6. The molecule has 1 unspecified atom stereocenters. The maximum atomic E-state index is 13.7. The van der Waals surface area contributed by atoms with Gasteiger partial charge in [0.25, 0.3) is 11.8 Å². The second kappa shape index (κ2) is 10.7. The van der Waals surface area contributed by atoms with E-state index >= 15 is 0 Å². The lowest BCUT2D eigenvalue weighted by Gasteiger charge is -2.33. The smallest absolute Gasteiger partial charge is 0.271 e. The maximum absolute atomic E-state index is 13.7. The maximum Gasteiger partial charge on any atom is 0.271 e. The third-order valence-corrected chi connectivity index (χ3v) is 9.08. The zero-order valence-electron chi connectivity index (χ0n) is 21.0. The highest BCUT2D eigenvalue weighted by Crippen LogP contribution is 2.41. The summed E-state index contributed by atoms with van der Waals surface area (Å²) in [5.74, 6) is 0.625. The summed E-state index contributed by atoms with van der Waals surface area (Å²) in [4.78, 5) is 36.6. The number of hydrogen-bond acceptors (Lipinski definition) is 7. The quantitative estimate of drug-likeness (QED) is 0.330. The molecule has 6 rings (SSSR count). The molecule has 0 spiro atoms. The van der Waals surface area contributed by atoms with Gasteiger partial charge in [-0.15, -0.1) is 22.7 Å². The monoisotopic (exact) mass is 544 g/mol. The molecule has 1 atom stereocenters. The molecule has 2 aliphatic heterocycles. The normalized spacial score (nSPS) is 17.1. The second-order valence-corrected chi connectivity index (χ2v) is 11.6. The number of rotatable bonds is 6. The van der Waals surface area contributed by atoms with Crippen LogP contribution in [-0.4, -0.2) is 53.5 Å². The standard InChI is InChI=1S/C29H28N4O3S2/c1-32-14-11-20(12-15-32)19-7-9-21(10-8-19)24-17-23-26(38-24)28(35)33(18-36-23)25(22-5-3-2-4-6-22)27(34)31-29-30-13-16-37-29/h2-10,13,16-17,20,25H,11-12,14-15,18H2,1H3,(H,30,31,34). The average Bonchev–Trinajstić information content (AvgIpc) is 3.62. The molecule has 2 aromatic heterocycles. The van der Waals surface area contributed by atoms with Crippen molar-refractivity contribution >= 4 is 39.6 Å². The number of piperidine rings is 1. The van der Waals surface area contributed by atoms with E-state index in [0.717, 1.165) is 23.5 Å². The zero-order chi connectivity index (χ0) is 26.1. The molecule has 194 valence electrons. The number of nitrogens with zero attached hydrogens (tertiary/aromatic N) is 3. The van der Waals surface area contributed by atoms with Crippen LogP contribution in [0.2, 0.25) is 0 Å². The molecule has 1 saturated heterocycles. The Morgan fingerprint density at radius 2 is 1.87 bits per heavy atom. The van der Waals surface area contributed by atoms with Crippen LogP contribution in [0.15, 0.2) is 72.2 Å². The van der Waals surface area contributed by atoms with Crippen LogP contribution < -0.4 is 10.1 Å². The number of anilines is 1. The summed E-state index contributed by atoms with van der Waals surface area (Å²) in [6.45, 7) is 2.25. The van der Waals surface area contributed by atoms with Gasteiger partial charge in [0.15, 0.2) is 11.9 Å². The summed E-state index contributed by atoms with van der Waals surface area (Å²) in [5.41, 5.74) is 3.15. The first-order valence-corrected chi connectivity index (χ1v) is 14.4. The van der Waals surface area contributed by atoms with E-state index in [-0.39, 0.29) is 18.5 Å². The van der Waals surface area contributed by atoms with Gasteiger partial charge in [-0.25, -0.2) is 4.98 Å². The molecule has 2 aromatic carbocycles. The lowest BCUT2D eigenvalue weighted by Crippen LogP contribution is -2.45. The number of nitrogens with one attached hydrogen (secondary N) is 1. The van der Waals surface area contributed by atoms with Gasteiger partial charge in [0.05, 0.1) is 0 Å². The molecule has 0 radical (unpaired) electrons. The predicted molar refractivity (Wildman–Crippen MR) is 151 cm³/mol. The van der Waals surface area contributed by atoms with Crippen LogP contribution in [0.3, 0.4) is 0 Å². The SMILES string of the molecule is CN1CCC(c2ccc(-c3cc4c(s3)C(=O)N(C(C(=O)Nc3nccs3)c3ccccc3)CO4)cc2)CC1. The molecule has 1 fully saturated rings. The van der Waals surface area contributed by atoms with E-state index in [9.17, 15) is 9.59 Å². The summed E-state index contributed by atoms with van der Waals surface area (Å²) < 4.78 is 6.04. The van der Waals surface area contributed by atoms with Crippen molar-refractivity contribution in [2.24, 2.45) is 0 Å². The number of ether oxygens (including phenoxy) is 1. The van der Waals surface area contributed by atoms with Crippen molar-refractivity contribution in [3.05, 3.63) is 88.2 Å². The molecule has 0 bridgehead atoms. The Balaban J connectivity index is 1.24. The highest BCUT2D eigenvalue weighted by molar-refractivity contribution is 7.17. The first-order chi connectivity index (χ1) is 18.6. The number of carbonyl (C=O) groups is 2. The minimum Gasteiger partial charge on any atom is -0.471 e. The molecule has 4 heterocycles. The van der Waals surface area contributed by atoms with Gasteiger partial charge in [0.1, 0.15) is 16.7 Å². The summed E-state index contributed by atoms with van der Waals surface area (Å²) in [7, 11) is 2.18. The first kappa shape index (κ1) is 24.8. The third kappa shape index (κ3) is 4.97. The number of fused-ring (bicyclic) bond motifs is 1. The van der Waals surface area contributed by atoms with Crippen molar-refractivity contribution in [3.63, 3.8) is 0 Å². The van der Waals surface area contributed by atoms with Crippen molar-refractivity contribution in [1.29, 1.82) is 0 Å². The number of hydrogen-bond donors (Lipinski definition) is 1. The Morgan fingerprint density at radius 3 is 2.58 bits per heavy atom. The molecule has 0 saturated carbocycles. The van der Waals surface area contributed by atoms with Gasteiger partial charge >= 0.3 is 0 Å². The molecule has 38 heavy (non-hydrogen) atoms. The Labute approximate surface area is 229 Å². The van der Waals surface area contributed by atoms with Crippen molar-refractivity contribution < 1.29 is 14.3 Å². The van der Waals surface area contributed by atoms with E-state index in [4.69, 9.17) is 4.74 Å². The molecule has 9 heteroatoms. The van der Waals surface area contributed by atoms with Gasteiger partial charge in [-0.3, -0.25) is 19.8 Å². The highest BCUT2D eigenvalue weighted by atomic mass is 32.1. The van der Waals surface area contributed by atoms with Crippen molar-refractivity contribution in [1.82, 2.24) is 14.8 Å². The van der Waals surface area contributed by atoms with Crippen LogP contribution >= 0.6 is 22.7 Å². The Morgan fingerprint density at radius 1 is 1.11 bits per heavy atom. The van der Waals surface area contributed by atoms with Crippen LogP contribution in [0.4, 0.5) is 5.13 Å². The minimum absolute atomic E-state index is 0.0120. The molecular weight excluding hydrogens is 516 g/mol. The summed E-state index contributed by atoms with van der Waals surface area (Å²) in [5, 5.41) is 5.13. The van der Waals surface area contributed by atoms with Crippen LogP contribution in [0.1, 0.15) is 45.6 Å². The fourth-order valence-corrected chi connectivity index (χ4v) is 6.72. The Hall–Kier alpha value is -3.53. The lowest BCUT2D eigenvalue weighted by atomic mass is 9.89. The molecule has 4 aromatic rings. The van der Waals surface area contributed by atoms with Gasteiger partial charge in [0.2, 0.25) is 0 Å². The molecule has 7 nitrogen and oxygen atoms in total. The Kier molecular flexibility index (Phi) is 6.97. The summed E-state index contributed by atoms with van der Waals surface area (Å²) >= 11 is 2.74. The van der Waals surface area contributed by atoms with E-state index in [0.29, 0.717) is 27.2 Å². The van der Waals surface area contributed by atoms with Crippen LogP contribution in [-0.2, 0) is 4.79 Å².